The summed E-state index contributed by atoms with van der Waals surface area (Å²) in [7, 11) is 0. The zero-order valence-corrected chi connectivity index (χ0v) is 11.0. The molecule has 0 unspecified atom stereocenters. The SMILES string of the molecule is CCOC(=O)C1(Nc2ccccc2F)CCNCC1. The maximum Gasteiger partial charge on any atom is 0.331 e. The molecule has 1 heterocycles. The number of ether oxygens (including phenoxy) is 1. The highest BCUT2D eigenvalue weighted by Gasteiger charge is 2.41. The summed E-state index contributed by atoms with van der Waals surface area (Å²) in [6.45, 7) is 3.52. The molecule has 0 saturated carbocycles. The Labute approximate surface area is 112 Å². The highest BCUT2D eigenvalue weighted by Crippen LogP contribution is 2.27. The first-order chi connectivity index (χ1) is 9.18. The molecule has 0 bridgehead atoms. The van der Waals surface area contributed by atoms with Crippen molar-refractivity contribution in [1.82, 2.24) is 5.32 Å². The van der Waals surface area contributed by atoms with Crippen LogP contribution in [0.1, 0.15) is 19.8 Å². The van der Waals surface area contributed by atoms with Crippen LogP contribution in [-0.2, 0) is 9.53 Å². The second kappa shape index (κ2) is 6.02. The average Bonchev–Trinajstić information content (AvgIpc) is 2.43. The molecule has 2 N–H and O–H groups in total. The van der Waals surface area contributed by atoms with Crippen LogP contribution in [0, 0.1) is 5.82 Å². The van der Waals surface area contributed by atoms with E-state index in [4.69, 9.17) is 4.74 Å². The molecule has 4 nitrogen and oxygen atoms in total. The predicted molar refractivity (Wildman–Crippen MR) is 71.5 cm³/mol. The van der Waals surface area contributed by atoms with Gasteiger partial charge in [-0.25, -0.2) is 9.18 Å². The first kappa shape index (κ1) is 13.8. The van der Waals surface area contributed by atoms with Gasteiger partial charge in [-0.3, -0.25) is 0 Å². The fourth-order valence-corrected chi connectivity index (χ4v) is 2.32. The first-order valence-corrected chi connectivity index (χ1v) is 6.58. The van der Waals surface area contributed by atoms with Crippen LogP contribution in [0.2, 0.25) is 0 Å². The third kappa shape index (κ3) is 3.04. The van der Waals surface area contributed by atoms with E-state index in [9.17, 15) is 9.18 Å². The van der Waals surface area contributed by atoms with Crippen LogP contribution in [0.4, 0.5) is 10.1 Å². The summed E-state index contributed by atoms with van der Waals surface area (Å²) >= 11 is 0. The van der Waals surface area contributed by atoms with Crippen LogP contribution in [-0.4, -0.2) is 31.2 Å². The molecule has 1 saturated heterocycles. The van der Waals surface area contributed by atoms with Crippen LogP contribution < -0.4 is 10.6 Å². The molecule has 1 fully saturated rings. The van der Waals surface area contributed by atoms with Crippen LogP contribution in [0.15, 0.2) is 24.3 Å². The van der Waals surface area contributed by atoms with Crippen LogP contribution in [0.25, 0.3) is 0 Å². The lowest BCUT2D eigenvalue weighted by Gasteiger charge is -2.36. The smallest absolute Gasteiger partial charge is 0.331 e. The number of carbonyl (C=O) groups excluding carboxylic acids is 1. The zero-order valence-electron chi connectivity index (χ0n) is 11.0. The number of rotatable bonds is 4. The molecule has 5 heteroatoms. The molecule has 0 spiro atoms. The van der Waals surface area contributed by atoms with E-state index in [0.29, 0.717) is 38.2 Å². The Kier molecular flexibility index (Phi) is 4.37. The summed E-state index contributed by atoms with van der Waals surface area (Å²) in [6.07, 6.45) is 1.17. The van der Waals surface area contributed by atoms with Gasteiger partial charge in [0.05, 0.1) is 12.3 Å². The van der Waals surface area contributed by atoms with Crippen molar-refractivity contribution in [1.29, 1.82) is 0 Å². The number of esters is 1. The molecule has 2 rings (SSSR count). The minimum Gasteiger partial charge on any atom is -0.464 e. The molecule has 1 aliphatic heterocycles. The van der Waals surface area contributed by atoms with Gasteiger partial charge in [0.1, 0.15) is 11.4 Å². The number of halogens is 1. The molecule has 19 heavy (non-hydrogen) atoms. The van der Waals surface area contributed by atoms with Gasteiger partial charge >= 0.3 is 5.97 Å². The van der Waals surface area contributed by atoms with E-state index in [1.807, 2.05) is 0 Å². The molecule has 0 atom stereocenters. The number of hydrogen-bond donors (Lipinski definition) is 2. The summed E-state index contributed by atoms with van der Waals surface area (Å²) in [5.41, 5.74) is -0.485. The Hall–Kier alpha value is -1.62. The van der Waals surface area contributed by atoms with Crippen LogP contribution in [0.3, 0.4) is 0 Å². The Morgan fingerprint density at radius 1 is 1.42 bits per heavy atom. The second-order valence-electron chi connectivity index (χ2n) is 4.66. The Bertz CT molecular complexity index is 445. The molecular weight excluding hydrogens is 247 g/mol. The van der Waals surface area contributed by atoms with E-state index in [1.54, 1.807) is 25.1 Å². The zero-order chi connectivity index (χ0) is 13.7. The quantitative estimate of drug-likeness (QED) is 0.818. The van der Waals surface area contributed by atoms with E-state index in [2.05, 4.69) is 10.6 Å². The molecule has 104 valence electrons. The minimum absolute atomic E-state index is 0.306. The van der Waals surface area contributed by atoms with Gasteiger partial charge in [-0.05, 0) is 45.0 Å². The number of hydrogen-bond acceptors (Lipinski definition) is 4. The molecule has 0 aromatic heterocycles. The fraction of sp³-hybridized carbons (Fsp3) is 0.500. The molecule has 1 aromatic carbocycles. The van der Waals surface area contributed by atoms with Crippen molar-refractivity contribution >= 4 is 11.7 Å². The second-order valence-corrected chi connectivity index (χ2v) is 4.66. The van der Waals surface area contributed by atoms with Crippen molar-refractivity contribution in [3.8, 4) is 0 Å². The van der Waals surface area contributed by atoms with Crippen molar-refractivity contribution in [2.24, 2.45) is 0 Å². The highest BCUT2D eigenvalue weighted by atomic mass is 19.1. The first-order valence-electron chi connectivity index (χ1n) is 6.58. The largest absolute Gasteiger partial charge is 0.464 e. The van der Waals surface area contributed by atoms with Crippen molar-refractivity contribution in [3.63, 3.8) is 0 Å². The third-order valence-electron chi connectivity index (χ3n) is 3.37. The third-order valence-corrected chi connectivity index (χ3v) is 3.37. The number of anilines is 1. The average molecular weight is 266 g/mol. The Balaban J connectivity index is 2.23. The van der Waals surface area contributed by atoms with Gasteiger partial charge < -0.3 is 15.4 Å². The Morgan fingerprint density at radius 2 is 2.11 bits per heavy atom. The van der Waals surface area contributed by atoms with Gasteiger partial charge in [0, 0.05) is 0 Å². The number of carbonyl (C=O) groups is 1. The lowest BCUT2D eigenvalue weighted by molar-refractivity contribution is -0.149. The summed E-state index contributed by atoms with van der Waals surface area (Å²) in [4.78, 5) is 12.2. The number of nitrogens with one attached hydrogen (secondary N) is 2. The van der Waals surface area contributed by atoms with Gasteiger partial charge in [-0.15, -0.1) is 0 Å². The topological polar surface area (TPSA) is 50.4 Å². The predicted octanol–water partition coefficient (Wildman–Crippen LogP) is 1.92. The lowest BCUT2D eigenvalue weighted by atomic mass is 9.88. The van der Waals surface area contributed by atoms with Gasteiger partial charge in [0.15, 0.2) is 0 Å². The van der Waals surface area contributed by atoms with E-state index in [0.717, 1.165) is 0 Å². The van der Waals surface area contributed by atoms with Crippen LogP contribution in [0.5, 0.6) is 0 Å². The molecular formula is C14H19FN2O2. The fourth-order valence-electron chi connectivity index (χ4n) is 2.32. The van der Waals surface area contributed by atoms with Crippen LogP contribution >= 0.6 is 0 Å². The number of benzene rings is 1. The van der Waals surface area contributed by atoms with Crippen molar-refractivity contribution in [2.75, 3.05) is 25.0 Å². The highest BCUT2D eigenvalue weighted by molar-refractivity contribution is 5.85. The summed E-state index contributed by atoms with van der Waals surface area (Å²) in [5.74, 6) is -0.663. The summed E-state index contributed by atoms with van der Waals surface area (Å²) < 4.78 is 18.9. The molecule has 1 aromatic rings. The van der Waals surface area contributed by atoms with Gasteiger partial charge in [0.2, 0.25) is 0 Å². The summed E-state index contributed by atoms with van der Waals surface area (Å²) in [5, 5.41) is 6.25. The van der Waals surface area contributed by atoms with Gasteiger partial charge in [-0.1, -0.05) is 12.1 Å². The number of piperidine rings is 1. The maximum atomic E-state index is 13.7. The van der Waals surface area contributed by atoms with Gasteiger partial charge in [0.25, 0.3) is 0 Å². The van der Waals surface area contributed by atoms with E-state index >= 15 is 0 Å². The van der Waals surface area contributed by atoms with Gasteiger partial charge in [-0.2, -0.15) is 0 Å². The normalized spacial score (nSPS) is 17.8. The molecule has 0 amide bonds. The maximum absolute atomic E-state index is 13.7. The Morgan fingerprint density at radius 3 is 2.74 bits per heavy atom. The van der Waals surface area contributed by atoms with E-state index in [-0.39, 0.29) is 11.8 Å². The van der Waals surface area contributed by atoms with Crippen molar-refractivity contribution in [3.05, 3.63) is 30.1 Å². The molecule has 1 aliphatic rings. The van der Waals surface area contributed by atoms with Crippen molar-refractivity contribution < 1.29 is 13.9 Å². The number of para-hydroxylation sites is 1. The lowest BCUT2D eigenvalue weighted by Crippen LogP contribution is -2.54. The minimum atomic E-state index is -0.830. The van der Waals surface area contributed by atoms with E-state index < -0.39 is 5.54 Å². The standard InChI is InChI=1S/C14H19FN2O2/c1-2-19-13(18)14(7-9-16-10-8-14)17-12-6-4-3-5-11(12)15/h3-6,16-17H,2,7-10H2,1H3. The summed E-state index contributed by atoms with van der Waals surface area (Å²) in [6, 6.07) is 6.38. The van der Waals surface area contributed by atoms with E-state index in [1.165, 1.54) is 6.07 Å². The molecule has 0 aliphatic carbocycles. The monoisotopic (exact) mass is 266 g/mol. The van der Waals surface area contributed by atoms with Crippen molar-refractivity contribution in [2.45, 2.75) is 25.3 Å². The molecule has 0 radical (unpaired) electrons.